The lowest BCUT2D eigenvalue weighted by Gasteiger charge is -2.11. The molecule has 0 spiro atoms. The third kappa shape index (κ3) is 3.77. The van der Waals surface area contributed by atoms with Crippen molar-refractivity contribution in [3.05, 3.63) is 42.2 Å². The fourth-order valence-corrected chi connectivity index (χ4v) is 2.91. The molecule has 24 heavy (non-hydrogen) atoms. The van der Waals surface area contributed by atoms with Crippen LogP contribution >= 0.6 is 11.8 Å². The molecule has 0 unspecified atom stereocenters. The number of benzene rings is 1. The van der Waals surface area contributed by atoms with Gasteiger partial charge >= 0.3 is 0 Å². The first-order valence-corrected chi connectivity index (χ1v) is 8.30. The van der Waals surface area contributed by atoms with Crippen molar-refractivity contribution in [1.29, 1.82) is 0 Å². The smallest absolute Gasteiger partial charge is 0.231 e. The van der Waals surface area contributed by atoms with E-state index >= 15 is 0 Å². The summed E-state index contributed by atoms with van der Waals surface area (Å²) in [6, 6.07) is 10.9. The summed E-state index contributed by atoms with van der Waals surface area (Å²) >= 11 is 1.17. The van der Waals surface area contributed by atoms with Crippen molar-refractivity contribution < 1.29 is 9.21 Å². The van der Waals surface area contributed by atoms with E-state index in [1.807, 2.05) is 37.3 Å². The van der Waals surface area contributed by atoms with Crippen LogP contribution in [0, 0.1) is 0 Å². The van der Waals surface area contributed by atoms with Gasteiger partial charge in [-0.1, -0.05) is 30.0 Å². The number of amides is 1. The first-order chi connectivity index (χ1) is 11.5. The van der Waals surface area contributed by atoms with Gasteiger partial charge < -0.3 is 21.2 Å². The summed E-state index contributed by atoms with van der Waals surface area (Å²) in [5.41, 5.74) is 12.0. The van der Waals surface area contributed by atoms with Crippen LogP contribution in [0.15, 0.2) is 46.0 Å². The molecule has 124 valence electrons. The second kappa shape index (κ2) is 6.79. The number of nitrogens with zero attached hydrogens (tertiary/aromatic N) is 2. The fourth-order valence-electron chi connectivity index (χ4n) is 2.23. The molecule has 0 saturated carbocycles. The Morgan fingerprint density at radius 2 is 1.96 bits per heavy atom. The maximum Gasteiger partial charge on any atom is 0.231 e. The zero-order valence-electron chi connectivity index (χ0n) is 13.0. The Morgan fingerprint density at radius 1 is 1.25 bits per heavy atom. The van der Waals surface area contributed by atoms with E-state index in [9.17, 15) is 4.79 Å². The van der Waals surface area contributed by atoms with Gasteiger partial charge in [-0.15, -0.1) is 0 Å². The molecule has 0 fully saturated rings. The van der Waals surface area contributed by atoms with Gasteiger partial charge in [-0.3, -0.25) is 4.79 Å². The first kappa shape index (κ1) is 16.1. The highest BCUT2D eigenvalue weighted by atomic mass is 32.2. The highest BCUT2D eigenvalue weighted by Crippen LogP contribution is 2.24. The molecular weight excluding hydrogens is 326 g/mol. The number of anilines is 2. The predicted molar refractivity (Wildman–Crippen MR) is 94.4 cm³/mol. The van der Waals surface area contributed by atoms with Gasteiger partial charge in [-0.2, -0.15) is 0 Å². The van der Waals surface area contributed by atoms with E-state index in [2.05, 4.69) is 15.3 Å². The number of thioether (sulfide) groups is 1. The zero-order valence-corrected chi connectivity index (χ0v) is 13.8. The van der Waals surface area contributed by atoms with Crippen molar-refractivity contribution in [3.8, 4) is 0 Å². The topological polar surface area (TPSA) is 120 Å². The maximum atomic E-state index is 12.1. The SMILES string of the molecule is C[C@H](NC(=O)CSc1nc(N)cc(N)n1)c1cc2ccccc2o1. The van der Waals surface area contributed by atoms with Crippen molar-refractivity contribution in [2.75, 3.05) is 17.2 Å². The molecule has 0 aliphatic heterocycles. The van der Waals surface area contributed by atoms with Crippen molar-refractivity contribution in [2.45, 2.75) is 18.1 Å². The molecular formula is C16H17N5O2S. The van der Waals surface area contributed by atoms with Gasteiger partial charge in [-0.05, 0) is 19.1 Å². The minimum atomic E-state index is -0.239. The molecule has 0 saturated heterocycles. The fraction of sp³-hybridized carbons (Fsp3) is 0.188. The van der Waals surface area contributed by atoms with Gasteiger partial charge in [0.25, 0.3) is 0 Å². The van der Waals surface area contributed by atoms with E-state index < -0.39 is 0 Å². The Bertz CT molecular complexity index is 827. The highest BCUT2D eigenvalue weighted by Gasteiger charge is 2.15. The monoisotopic (exact) mass is 343 g/mol. The maximum absolute atomic E-state index is 12.1. The Labute approximate surface area is 142 Å². The summed E-state index contributed by atoms with van der Waals surface area (Å²) in [6.07, 6.45) is 0. The number of furan rings is 1. The van der Waals surface area contributed by atoms with Crippen LogP contribution < -0.4 is 16.8 Å². The molecule has 1 aromatic carbocycles. The molecule has 0 radical (unpaired) electrons. The molecule has 0 aliphatic rings. The van der Waals surface area contributed by atoms with E-state index in [-0.39, 0.29) is 29.3 Å². The van der Waals surface area contributed by atoms with Gasteiger partial charge in [0.05, 0.1) is 11.8 Å². The van der Waals surface area contributed by atoms with Gasteiger partial charge in [0.1, 0.15) is 23.0 Å². The molecule has 8 heteroatoms. The molecule has 3 aromatic rings. The standard InChI is InChI=1S/C16H17N5O2S/c1-9(12-6-10-4-2-3-5-11(10)23-12)19-15(22)8-24-16-20-13(17)7-14(18)21-16/h2-7,9H,8H2,1H3,(H,19,22)(H4,17,18,20,21)/t9-/m0/s1. The van der Waals surface area contributed by atoms with Gasteiger partial charge in [0.2, 0.25) is 5.91 Å². The number of nitrogens with one attached hydrogen (secondary N) is 1. The van der Waals surface area contributed by atoms with Gasteiger partial charge in [0.15, 0.2) is 5.16 Å². The van der Waals surface area contributed by atoms with E-state index in [4.69, 9.17) is 15.9 Å². The van der Waals surface area contributed by atoms with Crippen LogP contribution in [0.1, 0.15) is 18.7 Å². The number of hydrogen-bond acceptors (Lipinski definition) is 7. The molecule has 0 bridgehead atoms. The molecule has 3 rings (SSSR count). The molecule has 0 aliphatic carbocycles. The van der Waals surface area contributed by atoms with E-state index in [1.54, 1.807) is 0 Å². The van der Waals surface area contributed by atoms with Crippen molar-refractivity contribution in [2.24, 2.45) is 0 Å². The number of carbonyl (C=O) groups is 1. The second-order valence-corrected chi connectivity index (χ2v) is 6.21. The number of carbonyl (C=O) groups excluding carboxylic acids is 1. The largest absolute Gasteiger partial charge is 0.459 e. The molecule has 5 N–H and O–H groups in total. The van der Waals surface area contributed by atoms with Crippen LogP contribution in [0.3, 0.4) is 0 Å². The normalized spacial score (nSPS) is 12.2. The number of rotatable bonds is 5. The van der Waals surface area contributed by atoms with Crippen LogP contribution in [0.5, 0.6) is 0 Å². The summed E-state index contributed by atoms with van der Waals surface area (Å²) in [4.78, 5) is 20.1. The van der Waals surface area contributed by atoms with Crippen molar-refractivity contribution in [3.63, 3.8) is 0 Å². The first-order valence-electron chi connectivity index (χ1n) is 7.32. The summed E-state index contributed by atoms with van der Waals surface area (Å²) < 4.78 is 5.75. The van der Waals surface area contributed by atoms with Crippen LogP contribution in [0.4, 0.5) is 11.6 Å². The Hall–Kier alpha value is -2.74. The van der Waals surface area contributed by atoms with Crippen LogP contribution in [0.2, 0.25) is 0 Å². The lowest BCUT2D eigenvalue weighted by atomic mass is 10.2. The third-order valence-electron chi connectivity index (χ3n) is 3.33. The molecule has 1 amide bonds. The van der Waals surface area contributed by atoms with E-state index in [1.165, 1.54) is 17.8 Å². The highest BCUT2D eigenvalue weighted by molar-refractivity contribution is 7.99. The van der Waals surface area contributed by atoms with Crippen LogP contribution in [0.25, 0.3) is 11.0 Å². The number of nitrogens with two attached hydrogens (primary N) is 2. The number of nitrogen functional groups attached to an aromatic ring is 2. The minimum Gasteiger partial charge on any atom is -0.459 e. The Kier molecular flexibility index (Phi) is 4.57. The summed E-state index contributed by atoms with van der Waals surface area (Å²) in [5.74, 6) is 1.27. The van der Waals surface area contributed by atoms with Gasteiger partial charge in [-0.25, -0.2) is 9.97 Å². The minimum absolute atomic E-state index is 0.155. The quantitative estimate of drug-likeness (QED) is 0.480. The number of hydrogen-bond donors (Lipinski definition) is 3. The molecule has 2 heterocycles. The lowest BCUT2D eigenvalue weighted by Crippen LogP contribution is -2.28. The van der Waals surface area contributed by atoms with Crippen LogP contribution in [-0.2, 0) is 4.79 Å². The van der Waals surface area contributed by atoms with Gasteiger partial charge in [0, 0.05) is 11.5 Å². The number of para-hydroxylation sites is 1. The number of aromatic nitrogens is 2. The third-order valence-corrected chi connectivity index (χ3v) is 4.17. The zero-order chi connectivity index (χ0) is 17.1. The van der Waals surface area contributed by atoms with Crippen LogP contribution in [-0.4, -0.2) is 21.6 Å². The predicted octanol–water partition coefficient (Wildman–Crippen LogP) is 2.36. The summed E-state index contributed by atoms with van der Waals surface area (Å²) in [6.45, 7) is 1.87. The Balaban J connectivity index is 1.59. The van der Waals surface area contributed by atoms with Crippen molar-refractivity contribution >= 4 is 40.3 Å². The van der Waals surface area contributed by atoms with E-state index in [0.717, 1.165) is 11.0 Å². The average Bonchev–Trinajstić information content (AvgIpc) is 2.96. The summed E-state index contributed by atoms with van der Waals surface area (Å²) in [7, 11) is 0. The average molecular weight is 343 g/mol. The molecule has 1 atom stereocenters. The number of fused-ring (bicyclic) bond motifs is 1. The van der Waals surface area contributed by atoms with Crippen molar-refractivity contribution in [1.82, 2.24) is 15.3 Å². The molecule has 2 aromatic heterocycles. The lowest BCUT2D eigenvalue weighted by molar-refractivity contribution is -0.119. The Morgan fingerprint density at radius 3 is 2.67 bits per heavy atom. The molecule has 7 nitrogen and oxygen atoms in total. The second-order valence-electron chi connectivity index (χ2n) is 5.26. The summed E-state index contributed by atoms with van der Waals surface area (Å²) in [5, 5.41) is 4.27. The van der Waals surface area contributed by atoms with E-state index in [0.29, 0.717) is 10.9 Å².